The van der Waals surface area contributed by atoms with Crippen LogP contribution in [0.4, 0.5) is 22.7 Å². The number of nitro benzene ring substituents is 1. The van der Waals surface area contributed by atoms with Crippen molar-refractivity contribution in [1.29, 1.82) is 0 Å². The average Bonchev–Trinajstić information content (AvgIpc) is 3.25. The van der Waals surface area contributed by atoms with E-state index in [0.29, 0.717) is 11.8 Å². The van der Waals surface area contributed by atoms with Crippen molar-refractivity contribution in [3.05, 3.63) is 81.6 Å². The van der Waals surface area contributed by atoms with Crippen LogP contribution in [0.15, 0.2) is 60.3 Å². The van der Waals surface area contributed by atoms with Gasteiger partial charge in [-0.15, -0.1) is 0 Å². The van der Waals surface area contributed by atoms with E-state index in [9.17, 15) is 10.1 Å². The second-order valence-corrected chi connectivity index (χ2v) is 14.9. The SMILES string of the molecule is CC(C)CCNc1ccc([N+](=O)[O-])cc1C1(C/C=C/C=C2/N(CCC(C)C)c3ccc(N)cc3C23CCCCC3)CCCCC1. The molecule has 2 aromatic carbocycles. The minimum atomic E-state index is -0.238. The summed E-state index contributed by atoms with van der Waals surface area (Å²) in [5.41, 5.74) is 13.8. The van der Waals surface area contributed by atoms with E-state index < -0.39 is 0 Å². The first kappa shape index (κ1) is 33.1. The summed E-state index contributed by atoms with van der Waals surface area (Å²) in [5.74, 6) is 1.23. The van der Waals surface area contributed by atoms with E-state index in [1.54, 1.807) is 6.07 Å². The van der Waals surface area contributed by atoms with Gasteiger partial charge in [-0.2, -0.15) is 0 Å². The van der Waals surface area contributed by atoms with Crippen molar-refractivity contribution in [1.82, 2.24) is 0 Å². The molecule has 3 aliphatic rings. The Balaban J connectivity index is 1.50. The highest BCUT2D eigenvalue weighted by Gasteiger charge is 2.47. The van der Waals surface area contributed by atoms with Gasteiger partial charge >= 0.3 is 0 Å². The van der Waals surface area contributed by atoms with Crippen molar-refractivity contribution in [3.8, 4) is 0 Å². The van der Waals surface area contributed by atoms with Gasteiger partial charge in [0, 0.05) is 58.8 Å². The molecule has 2 aliphatic carbocycles. The van der Waals surface area contributed by atoms with Gasteiger partial charge in [0.05, 0.1) is 4.92 Å². The molecular weight excluding hydrogens is 556 g/mol. The molecule has 0 radical (unpaired) electrons. The van der Waals surface area contributed by atoms with Crippen molar-refractivity contribution in [3.63, 3.8) is 0 Å². The zero-order valence-electron chi connectivity index (χ0n) is 28.2. The Morgan fingerprint density at radius 1 is 0.911 bits per heavy atom. The Labute approximate surface area is 271 Å². The van der Waals surface area contributed by atoms with Crippen LogP contribution in [0.25, 0.3) is 0 Å². The predicted molar refractivity (Wildman–Crippen MR) is 190 cm³/mol. The summed E-state index contributed by atoms with van der Waals surface area (Å²) in [7, 11) is 0. The molecule has 5 rings (SSSR count). The number of hydrogen-bond donors (Lipinski definition) is 2. The Hall–Kier alpha value is -3.28. The molecule has 2 aromatic rings. The highest BCUT2D eigenvalue weighted by atomic mass is 16.6. The molecule has 6 heteroatoms. The van der Waals surface area contributed by atoms with E-state index in [1.807, 2.05) is 12.1 Å². The lowest BCUT2D eigenvalue weighted by atomic mass is 9.66. The fraction of sp³-hybridized carbons (Fsp3) is 0.590. The summed E-state index contributed by atoms with van der Waals surface area (Å²) < 4.78 is 0. The van der Waals surface area contributed by atoms with Gasteiger partial charge < -0.3 is 16.0 Å². The lowest BCUT2D eigenvalue weighted by Gasteiger charge is -2.39. The Bertz CT molecular complexity index is 1380. The van der Waals surface area contributed by atoms with Crippen LogP contribution >= 0.6 is 0 Å². The van der Waals surface area contributed by atoms with Crippen LogP contribution < -0.4 is 16.0 Å². The summed E-state index contributed by atoms with van der Waals surface area (Å²) in [6, 6.07) is 12.1. The maximum Gasteiger partial charge on any atom is 0.269 e. The van der Waals surface area contributed by atoms with Gasteiger partial charge in [0.1, 0.15) is 0 Å². The van der Waals surface area contributed by atoms with Crippen molar-refractivity contribution in [2.75, 3.05) is 29.0 Å². The van der Waals surface area contributed by atoms with Crippen molar-refractivity contribution in [2.45, 2.75) is 122 Å². The van der Waals surface area contributed by atoms with Gasteiger partial charge in [-0.3, -0.25) is 10.1 Å². The molecule has 3 N–H and O–H groups in total. The van der Waals surface area contributed by atoms with Gasteiger partial charge in [-0.25, -0.2) is 0 Å². The summed E-state index contributed by atoms with van der Waals surface area (Å²) in [4.78, 5) is 14.3. The number of rotatable bonds is 12. The summed E-state index contributed by atoms with van der Waals surface area (Å²) in [6.45, 7) is 11.0. The molecule has 0 bridgehead atoms. The Kier molecular flexibility index (Phi) is 10.6. The van der Waals surface area contributed by atoms with Crippen LogP contribution in [0.2, 0.25) is 0 Å². The third-order valence-corrected chi connectivity index (χ3v) is 10.8. The summed E-state index contributed by atoms with van der Waals surface area (Å²) in [5, 5.41) is 15.6. The molecule has 1 heterocycles. The van der Waals surface area contributed by atoms with E-state index in [4.69, 9.17) is 5.73 Å². The molecule has 6 nitrogen and oxygen atoms in total. The molecule has 244 valence electrons. The maximum absolute atomic E-state index is 11.9. The molecule has 0 atom stereocenters. The molecule has 1 spiro atoms. The second kappa shape index (κ2) is 14.4. The monoisotopic (exact) mass is 612 g/mol. The number of allylic oxidation sites excluding steroid dienone is 4. The fourth-order valence-electron chi connectivity index (χ4n) is 8.26. The third-order valence-electron chi connectivity index (χ3n) is 10.8. The summed E-state index contributed by atoms with van der Waals surface area (Å²) in [6.07, 6.45) is 22.0. The number of nitrogens with one attached hydrogen (secondary N) is 1. The molecule has 0 saturated heterocycles. The number of anilines is 3. The lowest BCUT2D eigenvalue weighted by molar-refractivity contribution is -0.385. The first-order valence-electron chi connectivity index (χ1n) is 17.7. The number of benzene rings is 2. The highest BCUT2D eigenvalue weighted by molar-refractivity contribution is 5.74. The van der Waals surface area contributed by atoms with Crippen molar-refractivity contribution in [2.24, 2.45) is 11.8 Å². The average molecular weight is 613 g/mol. The minimum Gasteiger partial charge on any atom is -0.399 e. The van der Waals surface area contributed by atoms with E-state index in [1.165, 1.54) is 55.5 Å². The van der Waals surface area contributed by atoms with Crippen LogP contribution in [-0.4, -0.2) is 18.0 Å². The number of nitro groups is 1. The zero-order valence-corrected chi connectivity index (χ0v) is 28.2. The minimum absolute atomic E-state index is 0.0281. The van der Waals surface area contributed by atoms with Gasteiger partial charge in [-0.1, -0.05) is 78.4 Å². The number of hydrogen-bond acceptors (Lipinski definition) is 5. The number of nitrogens with zero attached hydrogens (tertiary/aromatic N) is 2. The standard InChI is InChI=1S/C39H56N4O2/c1-29(2)18-25-41-35-16-15-32(43(44)45)28-33(35)38(20-8-5-9-21-38)22-12-7-13-37-39(23-10-6-11-24-39)34-27-31(40)14-17-36(34)42(37)26-19-30(3)4/h7,12-17,27-30,41H,5-6,8-11,18-26,40H2,1-4H3/b12-7+,37-13+. The highest BCUT2D eigenvalue weighted by Crippen LogP contribution is 2.56. The van der Waals surface area contributed by atoms with Crippen LogP contribution in [-0.2, 0) is 10.8 Å². The lowest BCUT2D eigenvalue weighted by Crippen LogP contribution is -2.34. The van der Waals surface area contributed by atoms with E-state index in [0.717, 1.165) is 75.0 Å². The van der Waals surface area contributed by atoms with Crippen LogP contribution in [0.1, 0.15) is 122 Å². The zero-order chi connectivity index (χ0) is 32.0. The molecule has 1 aliphatic heterocycles. The largest absolute Gasteiger partial charge is 0.399 e. The molecule has 0 unspecified atom stereocenters. The third kappa shape index (κ3) is 7.26. The fourth-order valence-corrected chi connectivity index (χ4v) is 8.26. The van der Waals surface area contributed by atoms with Gasteiger partial charge in [0.15, 0.2) is 0 Å². The topological polar surface area (TPSA) is 84.4 Å². The van der Waals surface area contributed by atoms with Crippen LogP contribution in [0.3, 0.4) is 0 Å². The normalized spacial score (nSPS) is 20.0. The van der Waals surface area contributed by atoms with E-state index >= 15 is 0 Å². The first-order chi connectivity index (χ1) is 21.6. The second-order valence-electron chi connectivity index (χ2n) is 14.9. The molecule has 2 saturated carbocycles. The quantitative estimate of drug-likeness (QED) is 0.141. The maximum atomic E-state index is 11.9. The predicted octanol–water partition coefficient (Wildman–Crippen LogP) is 10.4. The van der Waals surface area contributed by atoms with Gasteiger partial charge in [-0.05, 0) is 98.2 Å². The van der Waals surface area contributed by atoms with Gasteiger partial charge in [0.2, 0.25) is 0 Å². The van der Waals surface area contributed by atoms with Crippen molar-refractivity contribution >= 4 is 22.7 Å². The molecule has 0 aromatic heterocycles. The van der Waals surface area contributed by atoms with Gasteiger partial charge in [0.25, 0.3) is 5.69 Å². The molecule has 0 amide bonds. The van der Waals surface area contributed by atoms with E-state index in [2.05, 4.69) is 74.3 Å². The smallest absolute Gasteiger partial charge is 0.269 e. The Morgan fingerprint density at radius 2 is 1.60 bits per heavy atom. The van der Waals surface area contributed by atoms with Crippen LogP contribution in [0.5, 0.6) is 0 Å². The first-order valence-corrected chi connectivity index (χ1v) is 17.7. The molecular formula is C39H56N4O2. The number of nitrogen functional groups attached to an aromatic ring is 1. The molecule has 45 heavy (non-hydrogen) atoms. The number of fused-ring (bicyclic) bond motifs is 2. The summed E-state index contributed by atoms with van der Waals surface area (Å²) >= 11 is 0. The van der Waals surface area contributed by atoms with E-state index in [-0.39, 0.29) is 21.4 Å². The Morgan fingerprint density at radius 3 is 2.27 bits per heavy atom. The number of non-ortho nitro benzene ring substituents is 1. The molecule has 2 fully saturated rings. The number of nitrogens with two attached hydrogens (primary N) is 1. The van der Waals surface area contributed by atoms with Crippen molar-refractivity contribution < 1.29 is 4.92 Å². The van der Waals surface area contributed by atoms with Crippen LogP contribution in [0, 0.1) is 22.0 Å².